The third-order valence-corrected chi connectivity index (χ3v) is 5.79. The molecule has 0 unspecified atom stereocenters. The summed E-state index contributed by atoms with van der Waals surface area (Å²) in [5.41, 5.74) is 2.46. The zero-order chi connectivity index (χ0) is 13.7. The molecule has 5 heteroatoms. The van der Waals surface area contributed by atoms with E-state index in [9.17, 15) is 0 Å². The monoisotopic (exact) mass is 324 g/mol. The molecule has 104 valence electrons. The quantitative estimate of drug-likeness (QED) is 0.787. The summed E-state index contributed by atoms with van der Waals surface area (Å²) in [6, 6.07) is 5.93. The van der Waals surface area contributed by atoms with Crippen molar-refractivity contribution in [1.82, 2.24) is 4.90 Å². The van der Waals surface area contributed by atoms with Crippen LogP contribution in [-0.2, 0) is 0 Å². The molecule has 2 heterocycles. The molecule has 1 aliphatic carbocycles. The average Bonchev–Trinajstić information content (AvgIpc) is 3.00. The maximum Gasteiger partial charge on any atom is 0.168 e. The summed E-state index contributed by atoms with van der Waals surface area (Å²) in [6.07, 6.45) is 3.91. The van der Waals surface area contributed by atoms with Gasteiger partial charge >= 0.3 is 0 Å². The van der Waals surface area contributed by atoms with Gasteiger partial charge in [-0.25, -0.2) is 0 Å². The fourth-order valence-corrected chi connectivity index (χ4v) is 4.32. The van der Waals surface area contributed by atoms with E-state index in [0.29, 0.717) is 10.0 Å². The number of hydrogen-bond donors (Lipinski definition) is 0. The predicted molar refractivity (Wildman–Crippen MR) is 87.3 cm³/mol. The fraction of sp³-hybridized carbons (Fsp3) is 0.400. The number of benzene rings is 1. The van der Waals surface area contributed by atoms with Crippen molar-refractivity contribution in [2.24, 2.45) is 10.9 Å². The molecule has 0 aromatic heterocycles. The van der Waals surface area contributed by atoms with Crippen LogP contribution in [0.2, 0.25) is 10.0 Å². The van der Waals surface area contributed by atoms with Crippen molar-refractivity contribution < 1.29 is 0 Å². The predicted octanol–water partition coefficient (Wildman–Crippen LogP) is 4.88. The van der Waals surface area contributed by atoms with E-state index < -0.39 is 0 Å². The van der Waals surface area contributed by atoms with Gasteiger partial charge in [-0.2, -0.15) is 0 Å². The first-order chi connectivity index (χ1) is 9.72. The molecule has 4 rings (SSSR count). The molecule has 3 aliphatic rings. The SMILES string of the molecule is Clc1ccc(C2=C(CC3CC3)SC3=NCCN32)cc1Cl. The molecule has 0 N–H and O–H groups in total. The van der Waals surface area contributed by atoms with Crippen molar-refractivity contribution in [1.29, 1.82) is 0 Å². The Morgan fingerprint density at radius 3 is 2.85 bits per heavy atom. The minimum atomic E-state index is 0.612. The van der Waals surface area contributed by atoms with Gasteiger partial charge in [-0.15, -0.1) is 0 Å². The number of fused-ring (bicyclic) bond motifs is 1. The molecule has 1 fully saturated rings. The third kappa shape index (κ3) is 2.26. The molecule has 1 saturated carbocycles. The van der Waals surface area contributed by atoms with Gasteiger partial charge < -0.3 is 4.90 Å². The van der Waals surface area contributed by atoms with E-state index in [2.05, 4.69) is 16.0 Å². The van der Waals surface area contributed by atoms with Gasteiger partial charge in [-0.3, -0.25) is 4.99 Å². The first-order valence-corrected chi connectivity index (χ1v) is 8.48. The second kappa shape index (κ2) is 4.97. The molecule has 2 nitrogen and oxygen atoms in total. The molecule has 0 saturated heterocycles. The standard InChI is InChI=1S/C15H14Cl2N2S/c16-11-4-3-10(8-12(11)17)14-13(7-9-1-2-9)20-15-18-5-6-19(14)15/h3-4,8-9H,1-2,5-7H2. The minimum absolute atomic E-state index is 0.612. The number of aliphatic imine (C=N–C) groups is 1. The van der Waals surface area contributed by atoms with Gasteiger partial charge in [0.15, 0.2) is 5.17 Å². The van der Waals surface area contributed by atoms with E-state index in [1.807, 2.05) is 23.9 Å². The van der Waals surface area contributed by atoms with Gasteiger partial charge in [0.2, 0.25) is 0 Å². The second-order valence-electron chi connectivity index (χ2n) is 5.47. The van der Waals surface area contributed by atoms with Crippen LogP contribution < -0.4 is 0 Å². The highest BCUT2D eigenvalue weighted by atomic mass is 35.5. The van der Waals surface area contributed by atoms with E-state index in [1.54, 1.807) is 0 Å². The van der Waals surface area contributed by atoms with E-state index >= 15 is 0 Å². The number of hydrogen-bond acceptors (Lipinski definition) is 3. The lowest BCUT2D eigenvalue weighted by atomic mass is 10.1. The zero-order valence-corrected chi connectivity index (χ0v) is 13.2. The molecule has 0 amide bonds. The van der Waals surface area contributed by atoms with E-state index in [1.165, 1.54) is 29.9 Å². The summed E-state index contributed by atoms with van der Waals surface area (Å²) in [7, 11) is 0. The van der Waals surface area contributed by atoms with Crippen molar-refractivity contribution in [2.75, 3.05) is 13.1 Å². The maximum absolute atomic E-state index is 6.19. The van der Waals surface area contributed by atoms with Crippen LogP contribution in [0.1, 0.15) is 24.8 Å². The zero-order valence-electron chi connectivity index (χ0n) is 10.9. The van der Waals surface area contributed by atoms with Gasteiger partial charge in [0.25, 0.3) is 0 Å². The van der Waals surface area contributed by atoms with E-state index in [-0.39, 0.29) is 0 Å². The Balaban J connectivity index is 1.76. The Hall–Kier alpha value is -0.640. The lowest BCUT2D eigenvalue weighted by molar-refractivity contribution is 0.644. The highest BCUT2D eigenvalue weighted by Crippen LogP contribution is 2.48. The number of allylic oxidation sites excluding steroid dienone is 1. The summed E-state index contributed by atoms with van der Waals surface area (Å²) >= 11 is 14.1. The van der Waals surface area contributed by atoms with E-state index in [4.69, 9.17) is 23.2 Å². The Morgan fingerprint density at radius 1 is 1.25 bits per heavy atom. The Kier molecular flexibility index (Phi) is 3.24. The van der Waals surface area contributed by atoms with Crippen molar-refractivity contribution in [3.63, 3.8) is 0 Å². The van der Waals surface area contributed by atoms with Gasteiger partial charge in [0.05, 0.1) is 22.3 Å². The first-order valence-electron chi connectivity index (χ1n) is 6.91. The normalized spacial score (nSPS) is 21.5. The molecule has 20 heavy (non-hydrogen) atoms. The molecule has 1 aromatic carbocycles. The number of halogens is 2. The summed E-state index contributed by atoms with van der Waals surface area (Å²) in [5.74, 6) is 0.871. The van der Waals surface area contributed by atoms with Crippen LogP contribution in [0.4, 0.5) is 0 Å². The van der Waals surface area contributed by atoms with Gasteiger partial charge in [-0.05, 0) is 37.3 Å². The lowest BCUT2D eigenvalue weighted by Gasteiger charge is -2.18. The highest BCUT2D eigenvalue weighted by molar-refractivity contribution is 8.17. The van der Waals surface area contributed by atoms with E-state index in [0.717, 1.165) is 29.7 Å². The summed E-state index contributed by atoms with van der Waals surface area (Å²) in [4.78, 5) is 8.38. The third-order valence-electron chi connectivity index (χ3n) is 3.91. The number of amidine groups is 1. The fourth-order valence-electron chi connectivity index (χ4n) is 2.71. The summed E-state index contributed by atoms with van der Waals surface area (Å²) in [6.45, 7) is 1.87. The van der Waals surface area contributed by atoms with Crippen molar-refractivity contribution >= 4 is 45.8 Å². The molecule has 2 aliphatic heterocycles. The Labute approximate surface area is 132 Å². The molecule has 0 atom stereocenters. The van der Waals surface area contributed by atoms with Crippen molar-refractivity contribution in [3.8, 4) is 0 Å². The van der Waals surface area contributed by atoms with Crippen molar-refractivity contribution in [2.45, 2.75) is 19.3 Å². The summed E-state index contributed by atoms with van der Waals surface area (Å²) < 4.78 is 0. The van der Waals surface area contributed by atoms with Crippen LogP contribution in [-0.4, -0.2) is 23.2 Å². The lowest BCUT2D eigenvalue weighted by Crippen LogP contribution is -2.20. The summed E-state index contributed by atoms with van der Waals surface area (Å²) in [5, 5.41) is 2.39. The molecule has 0 spiro atoms. The highest BCUT2D eigenvalue weighted by Gasteiger charge is 2.35. The molecule has 0 radical (unpaired) electrons. The molecular weight excluding hydrogens is 311 g/mol. The number of thioether (sulfide) groups is 1. The number of nitrogens with zero attached hydrogens (tertiary/aromatic N) is 2. The number of rotatable bonds is 3. The Morgan fingerprint density at radius 2 is 2.10 bits per heavy atom. The van der Waals surface area contributed by atoms with Gasteiger partial charge in [0, 0.05) is 17.0 Å². The van der Waals surface area contributed by atoms with Crippen LogP contribution >= 0.6 is 35.0 Å². The minimum Gasteiger partial charge on any atom is -0.318 e. The smallest absolute Gasteiger partial charge is 0.168 e. The second-order valence-corrected chi connectivity index (χ2v) is 7.34. The molecular formula is C15H14Cl2N2S. The molecule has 0 bridgehead atoms. The van der Waals surface area contributed by atoms with Crippen LogP contribution in [0, 0.1) is 5.92 Å². The maximum atomic E-state index is 6.19. The topological polar surface area (TPSA) is 15.6 Å². The van der Waals surface area contributed by atoms with Gasteiger partial charge in [-0.1, -0.05) is 41.0 Å². The Bertz CT molecular complexity index is 635. The van der Waals surface area contributed by atoms with Crippen LogP contribution in [0.25, 0.3) is 5.70 Å². The van der Waals surface area contributed by atoms with Crippen LogP contribution in [0.15, 0.2) is 28.1 Å². The van der Waals surface area contributed by atoms with Crippen molar-refractivity contribution in [3.05, 3.63) is 38.7 Å². The largest absolute Gasteiger partial charge is 0.318 e. The van der Waals surface area contributed by atoms with Crippen LogP contribution in [0.5, 0.6) is 0 Å². The first kappa shape index (κ1) is 13.1. The average molecular weight is 325 g/mol. The van der Waals surface area contributed by atoms with Gasteiger partial charge in [0.1, 0.15) is 0 Å². The molecule has 1 aromatic rings. The van der Waals surface area contributed by atoms with Crippen LogP contribution in [0.3, 0.4) is 0 Å².